The summed E-state index contributed by atoms with van der Waals surface area (Å²) >= 11 is 0. The molecule has 2 aromatic carbocycles. The Morgan fingerprint density at radius 2 is 1.71 bits per heavy atom. The summed E-state index contributed by atoms with van der Waals surface area (Å²) in [5, 5.41) is 10.9. The maximum Gasteiger partial charge on any atom is 0.277 e. The van der Waals surface area contributed by atoms with E-state index in [1.165, 1.54) is 34.5 Å². The van der Waals surface area contributed by atoms with Gasteiger partial charge in [0.1, 0.15) is 0 Å². The van der Waals surface area contributed by atoms with E-state index in [9.17, 15) is 13.2 Å². The molecule has 0 saturated heterocycles. The van der Waals surface area contributed by atoms with Gasteiger partial charge in [-0.25, -0.2) is 8.42 Å². The summed E-state index contributed by atoms with van der Waals surface area (Å²) in [5.41, 5.74) is 1.36. The van der Waals surface area contributed by atoms with Crippen LogP contribution in [0.2, 0.25) is 0 Å². The number of sulfonamides is 1. The number of nitrogens with one attached hydrogen (secondary N) is 1. The van der Waals surface area contributed by atoms with Gasteiger partial charge in [0, 0.05) is 18.8 Å². The number of rotatable bonds is 6. The Bertz CT molecular complexity index is 1060. The number of anilines is 1. The highest BCUT2D eigenvalue weighted by molar-refractivity contribution is 7.89. The lowest BCUT2D eigenvalue weighted by atomic mass is 10.3. The van der Waals surface area contributed by atoms with E-state index in [4.69, 9.17) is 0 Å². The van der Waals surface area contributed by atoms with Crippen LogP contribution in [0, 0.1) is 0 Å². The van der Waals surface area contributed by atoms with Crippen molar-refractivity contribution >= 4 is 21.6 Å². The smallest absolute Gasteiger partial charge is 0.277 e. The predicted molar refractivity (Wildman–Crippen MR) is 106 cm³/mol. The molecule has 0 spiro atoms. The molecule has 146 valence electrons. The fourth-order valence-electron chi connectivity index (χ4n) is 2.40. The molecule has 9 heteroatoms. The molecule has 0 saturated carbocycles. The lowest BCUT2D eigenvalue weighted by Gasteiger charge is -2.21. The van der Waals surface area contributed by atoms with E-state index < -0.39 is 15.9 Å². The highest BCUT2D eigenvalue weighted by atomic mass is 32.2. The van der Waals surface area contributed by atoms with E-state index in [0.717, 1.165) is 5.69 Å². The normalized spacial score (nSPS) is 11.8. The first kappa shape index (κ1) is 19.7. The molecule has 8 nitrogen and oxygen atoms in total. The molecule has 3 rings (SSSR count). The summed E-state index contributed by atoms with van der Waals surface area (Å²) in [5.74, 6) is -0.433. The van der Waals surface area contributed by atoms with Crippen molar-refractivity contribution in [1.29, 1.82) is 0 Å². The highest BCUT2D eigenvalue weighted by Gasteiger charge is 2.23. The van der Waals surface area contributed by atoms with Gasteiger partial charge in [-0.1, -0.05) is 18.2 Å². The van der Waals surface area contributed by atoms with Crippen LogP contribution in [0.1, 0.15) is 24.3 Å². The number of benzene rings is 2. The first-order chi connectivity index (χ1) is 13.3. The quantitative estimate of drug-likeness (QED) is 0.687. The van der Waals surface area contributed by atoms with E-state index in [2.05, 4.69) is 15.5 Å². The van der Waals surface area contributed by atoms with Gasteiger partial charge >= 0.3 is 0 Å². The molecule has 0 fully saturated rings. The van der Waals surface area contributed by atoms with Crippen LogP contribution in [-0.2, 0) is 10.0 Å². The maximum absolute atomic E-state index is 12.5. The number of nitrogens with zero attached hydrogens (tertiary/aromatic N) is 4. The molecule has 28 heavy (non-hydrogen) atoms. The molecule has 3 aromatic rings. The summed E-state index contributed by atoms with van der Waals surface area (Å²) in [6.45, 7) is 3.60. The zero-order valence-electron chi connectivity index (χ0n) is 15.8. The molecule has 1 N–H and O–H groups in total. The van der Waals surface area contributed by atoms with Crippen molar-refractivity contribution in [2.75, 3.05) is 12.4 Å². The zero-order valence-corrected chi connectivity index (χ0v) is 16.6. The Morgan fingerprint density at radius 3 is 2.32 bits per heavy atom. The van der Waals surface area contributed by atoms with Crippen molar-refractivity contribution in [2.45, 2.75) is 24.8 Å². The summed E-state index contributed by atoms with van der Waals surface area (Å²) in [6.07, 6.45) is 1.37. The third-order valence-corrected chi connectivity index (χ3v) is 6.28. The Hall–Kier alpha value is -3.04. The fraction of sp³-hybridized carbons (Fsp3) is 0.211. The van der Waals surface area contributed by atoms with Crippen molar-refractivity contribution in [3.8, 4) is 5.69 Å². The van der Waals surface area contributed by atoms with Gasteiger partial charge in [-0.2, -0.15) is 14.2 Å². The minimum absolute atomic E-state index is 0.153. The number of carbonyl (C=O) groups excluding carboxylic acids is 1. The van der Waals surface area contributed by atoms with Gasteiger partial charge in [0.05, 0.1) is 16.8 Å². The number of para-hydroxylation sites is 1. The van der Waals surface area contributed by atoms with Crippen LogP contribution in [0.25, 0.3) is 5.69 Å². The Balaban J connectivity index is 1.73. The summed E-state index contributed by atoms with van der Waals surface area (Å²) in [6, 6.07) is 15.1. The van der Waals surface area contributed by atoms with Gasteiger partial charge in [-0.3, -0.25) is 4.79 Å². The van der Waals surface area contributed by atoms with Crippen LogP contribution in [0.4, 0.5) is 5.69 Å². The molecule has 0 bridgehead atoms. The van der Waals surface area contributed by atoms with Crippen molar-refractivity contribution < 1.29 is 13.2 Å². The SMILES string of the molecule is CC(C)N(C)S(=O)(=O)c1ccc(NC(=O)c2cnn(-c3ccccc3)n2)cc1. The van der Waals surface area contributed by atoms with E-state index in [0.29, 0.717) is 5.69 Å². The lowest BCUT2D eigenvalue weighted by molar-refractivity contribution is 0.102. The molecule has 0 aliphatic rings. The van der Waals surface area contributed by atoms with Crippen molar-refractivity contribution in [1.82, 2.24) is 19.3 Å². The predicted octanol–water partition coefficient (Wildman–Crippen LogP) is 2.55. The van der Waals surface area contributed by atoms with Crippen molar-refractivity contribution in [3.05, 3.63) is 66.5 Å². The second-order valence-corrected chi connectivity index (χ2v) is 8.45. The average molecular weight is 399 g/mol. The van der Waals surface area contributed by atoms with Crippen molar-refractivity contribution in [2.24, 2.45) is 0 Å². The topological polar surface area (TPSA) is 97.2 Å². The third kappa shape index (κ3) is 4.10. The second kappa shape index (κ2) is 7.91. The number of amides is 1. The Kier molecular flexibility index (Phi) is 5.57. The zero-order chi connectivity index (χ0) is 20.3. The summed E-state index contributed by atoms with van der Waals surface area (Å²) in [4.78, 5) is 13.9. The van der Waals surface area contributed by atoms with Crippen LogP contribution in [0.3, 0.4) is 0 Å². The standard InChI is InChI=1S/C19H21N5O3S/c1-14(2)23(3)28(26,27)17-11-9-15(10-12-17)21-19(25)18-13-20-24(22-18)16-7-5-4-6-8-16/h4-14H,1-3H3,(H,21,25). The number of aromatic nitrogens is 3. The summed E-state index contributed by atoms with van der Waals surface area (Å²) in [7, 11) is -2.03. The first-order valence-electron chi connectivity index (χ1n) is 8.66. The first-order valence-corrected chi connectivity index (χ1v) is 10.1. The molecule has 1 amide bonds. The van der Waals surface area contributed by atoms with E-state index in [1.807, 2.05) is 30.3 Å². The van der Waals surface area contributed by atoms with Gasteiger partial charge < -0.3 is 5.32 Å². The molecule has 0 unspecified atom stereocenters. The molecule has 0 atom stereocenters. The summed E-state index contributed by atoms with van der Waals surface area (Å²) < 4.78 is 26.3. The van der Waals surface area contributed by atoms with Crippen LogP contribution in [-0.4, -0.2) is 46.7 Å². The van der Waals surface area contributed by atoms with Gasteiger partial charge in [0.2, 0.25) is 10.0 Å². The number of hydrogen-bond acceptors (Lipinski definition) is 5. The van der Waals surface area contributed by atoms with E-state index in [-0.39, 0.29) is 16.6 Å². The van der Waals surface area contributed by atoms with E-state index >= 15 is 0 Å². The maximum atomic E-state index is 12.5. The minimum Gasteiger partial charge on any atom is -0.321 e. The molecule has 0 radical (unpaired) electrons. The largest absolute Gasteiger partial charge is 0.321 e. The van der Waals surface area contributed by atoms with E-state index in [1.54, 1.807) is 26.0 Å². The van der Waals surface area contributed by atoms with Crippen molar-refractivity contribution in [3.63, 3.8) is 0 Å². The number of carbonyl (C=O) groups is 1. The van der Waals surface area contributed by atoms with Gasteiger partial charge in [-0.15, -0.1) is 5.10 Å². The monoisotopic (exact) mass is 399 g/mol. The van der Waals surface area contributed by atoms with Crippen LogP contribution in [0.15, 0.2) is 65.7 Å². The molecule has 1 heterocycles. The minimum atomic E-state index is -3.57. The highest BCUT2D eigenvalue weighted by Crippen LogP contribution is 2.19. The lowest BCUT2D eigenvalue weighted by Crippen LogP contribution is -2.33. The van der Waals surface area contributed by atoms with Gasteiger partial charge in [0.25, 0.3) is 5.91 Å². The molecule has 1 aromatic heterocycles. The van der Waals surface area contributed by atoms with Gasteiger partial charge in [-0.05, 0) is 50.2 Å². The molecule has 0 aliphatic carbocycles. The second-order valence-electron chi connectivity index (χ2n) is 6.45. The average Bonchev–Trinajstić information content (AvgIpc) is 3.19. The Morgan fingerprint density at radius 1 is 1.07 bits per heavy atom. The van der Waals surface area contributed by atoms with Crippen LogP contribution in [0.5, 0.6) is 0 Å². The van der Waals surface area contributed by atoms with Crippen LogP contribution >= 0.6 is 0 Å². The molecular formula is C19H21N5O3S. The fourth-order valence-corrected chi connectivity index (χ4v) is 3.77. The van der Waals surface area contributed by atoms with Crippen LogP contribution < -0.4 is 5.32 Å². The third-order valence-electron chi connectivity index (χ3n) is 4.23. The molecule has 0 aliphatic heterocycles. The Labute approximate surface area is 163 Å². The van der Waals surface area contributed by atoms with Gasteiger partial charge in [0.15, 0.2) is 5.69 Å². The number of hydrogen-bond donors (Lipinski definition) is 1. The molecular weight excluding hydrogens is 378 g/mol.